The minimum absolute atomic E-state index is 0.333. The third kappa shape index (κ3) is 11.0. The zero-order chi connectivity index (χ0) is 14.6. The Labute approximate surface area is 120 Å². The van der Waals surface area contributed by atoms with Crippen molar-refractivity contribution in [3.63, 3.8) is 0 Å². The van der Waals surface area contributed by atoms with Crippen LogP contribution in [0.25, 0.3) is 0 Å². The first-order valence-corrected chi connectivity index (χ1v) is 8.26. The molecule has 0 aromatic heterocycles. The van der Waals surface area contributed by atoms with Crippen LogP contribution in [0.2, 0.25) is 0 Å². The molecule has 1 unspecified atom stereocenters. The first kappa shape index (κ1) is 18.5. The molecule has 19 heavy (non-hydrogen) atoms. The van der Waals surface area contributed by atoms with Crippen LogP contribution in [0.1, 0.15) is 97.8 Å². The maximum atomic E-state index is 10.5. The van der Waals surface area contributed by atoms with E-state index in [2.05, 4.69) is 20.8 Å². The topological polar surface area (TPSA) is 37.3 Å². The zero-order valence-corrected chi connectivity index (χ0v) is 13.3. The molecule has 0 rings (SSSR count). The minimum Gasteiger partial charge on any atom is -0.481 e. The van der Waals surface area contributed by atoms with Gasteiger partial charge in [0.2, 0.25) is 0 Å². The molecule has 2 nitrogen and oxygen atoms in total. The van der Waals surface area contributed by atoms with Crippen molar-refractivity contribution >= 4 is 5.97 Å². The largest absolute Gasteiger partial charge is 0.481 e. The molecule has 0 radical (unpaired) electrons. The number of unbranched alkanes of at least 4 members (excludes halogenated alkanes) is 5. The molecule has 0 aliphatic heterocycles. The van der Waals surface area contributed by atoms with E-state index < -0.39 is 5.97 Å². The summed E-state index contributed by atoms with van der Waals surface area (Å²) in [5.41, 5.74) is 0.447. The highest BCUT2D eigenvalue weighted by atomic mass is 16.4. The average Bonchev–Trinajstić information content (AvgIpc) is 2.38. The lowest BCUT2D eigenvalue weighted by Gasteiger charge is -2.30. The summed E-state index contributed by atoms with van der Waals surface area (Å²) >= 11 is 0. The number of carbonyl (C=O) groups is 1. The summed E-state index contributed by atoms with van der Waals surface area (Å²) in [6.07, 6.45) is 14.0. The monoisotopic (exact) mass is 270 g/mol. The van der Waals surface area contributed by atoms with E-state index in [-0.39, 0.29) is 0 Å². The van der Waals surface area contributed by atoms with Gasteiger partial charge in [-0.25, -0.2) is 0 Å². The summed E-state index contributed by atoms with van der Waals surface area (Å²) < 4.78 is 0. The SMILES string of the molecule is CCCCCCC(C)(CCCC)CCCCC(=O)O. The second kappa shape index (κ2) is 11.3. The summed E-state index contributed by atoms with van der Waals surface area (Å²) in [6, 6.07) is 0. The lowest BCUT2D eigenvalue weighted by atomic mass is 9.76. The van der Waals surface area contributed by atoms with E-state index in [0.717, 1.165) is 12.8 Å². The zero-order valence-electron chi connectivity index (χ0n) is 13.3. The Morgan fingerprint density at radius 1 is 0.842 bits per heavy atom. The second-order valence-corrected chi connectivity index (χ2v) is 6.33. The van der Waals surface area contributed by atoms with Gasteiger partial charge in [-0.1, -0.05) is 65.7 Å². The summed E-state index contributed by atoms with van der Waals surface area (Å²) in [6.45, 7) is 6.92. The van der Waals surface area contributed by atoms with Gasteiger partial charge < -0.3 is 5.11 Å². The normalized spacial score (nSPS) is 14.3. The molecule has 0 aliphatic carbocycles. The predicted octanol–water partition coefficient (Wildman–Crippen LogP) is 5.80. The Kier molecular flexibility index (Phi) is 11.0. The molecule has 0 fully saturated rings. The molecular formula is C17H34O2. The van der Waals surface area contributed by atoms with Crippen LogP contribution in [-0.4, -0.2) is 11.1 Å². The van der Waals surface area contributed by atoms with Crippen molar-refractivity contribution in [2.24, 2.45) is 5.41 Å². The lowest BCUT2D eigenvalue weighted by molar-refractivity contribution is -0.137. The molecular weight excluding hydrogens is 236 g/mol. The van der Waals surface area contributed by atoms with Crippen LogP contribution >= 0.6 is 0 Å². The minimum atomic E-state index is -0.654. The Bertz CT molecular complexity index is 225. The van der Waals surface area contributed by atoms with Gasteiger partial charge >= 0.3 is 5.97 Å². The van der Waals surface area contributed by atoms with Gasteiger partial charge in [-0.05, 0) is 31.1 Å². The van der Waals surface area contributed by atoms with Crippen molar-refractivity contribution in [2.45, 2.75) is 97.8 Å². The Balaban J connectivity index is 3.98. The van der Waals surface area contributed by atoms with Crippen LogP contribution in [0.15, 0.2) is 0 Å². The molecule has 0 amide bonds. The number of hydrogen-bond acceptors (Lipinski definition) is 1. The number of carboxylic acids is 1. The van der Waals surface area contributed by atoms with Gasteiger partial charge in [0.1, 0.15) is 0 Å². The number of aliphatic carboxylic acids is 1. The molecule has 2 heteroatoms. The first-order chi connectivity index (χ1) is 9.04. The smallest absolute Gasteiger partial charge is 0.303 e. The van der Waals surface area contributed by atoms with Crippen LogP contribution in [0.4, 0.5) is 0 Å². The highest BCUT2D eigenvalue weighted by molar-refractivity contribution is 5.66. The first-order valence-electron chi connectivity index (χ1n) is 8.26. The molecule has 0 saturated heterocycles. The highest BCUT2D eigenvalue weighted by Crippen LogP contribution is 2.36. The predicted molar refractivity (Wildman–Crippen MR) is 82.5 cm³/mol. The molecule has 114 valence electrons. The van der Waals surface area contributed by atoms with E-state index in [1.54, 1.807) is 0 Å². The van der Waals surface area contributed by atoms with Crippen molar-refractivity contribution in [2.75, 3.05) is 0 Å². The molecule has 0 aliphatic rings. The van der Waals surface area contributed by atoms with Gasteiger partial charge in [0.25, 0.3) is 0 Å². The molecule has 0 bridgehead atoms. The summed E-state index contributed by atoms with van der Waals surface area (Å²) in [7, 11) is 0. The van der Waals surface area contributed by atoms with E-state index in [1.165, 1.54) is 57.8 Å². The lowest BCUT2D eigenvalue weighted by Crippen LogP contribution is -2.16. The maximum absolute atomic E-state index is 10.5. The van der Waals surface area contributed by atoms with Gasteiger partial charge in [-0.2, -0.15) is 0 Å². The fraction of sp³-hybridized carbons (Fsp3) is 0.941. The van der Waals surface area contributed by atoms with Crippen LogP contribution in [0.3, 0.4) is 0 Å². The second-order valence-electron chi connectivity index (χ2n) is 6.33. The van der Waals surface area contributed by atoms with E-state index >= 15 is 0 Å². The summed E-state index contributed by atoms with van der Waals surface area (Å²) in [5.74, 6) is -0.654. The highest BCUT2D eigenvalue weighted by Gasteiger charge is 2.22. The Morgan fingerprint density at radius 3 is 1.89 bits per heavy atom. The average molecular weight is 270 g/mol. The van der Waals surface area contributed by atoms with Gasteiger partial charge in [-0.15, -0.1) is 0 Å². The van der Waals surface area contributed by atoms with Crippen LogP contribution < -0.4 is 0 Å². The Morgan fingerprint density at radius 2 is 1.37 bits per heavy atom. The van der Waals surface area contributed by atoms with E-state index in [9.17, 15) is 4.79 Å². The van der Waals surface area contributed by atoms with Crippen LogP contribution in [-0.2, 0) is 4.79 Å². The summed E-state index contributed by atoms with van der Waals surface area (Å²) in [4.78, 5) is 10.5. The van der Waals surface area contributed by atoms with Crippen molar-refractivity contribution in [1.29, 1.82) is 0 Å². The van der Waals surface area contributed by atoms with Gasteiger partial charge in [-0.3, -0.25) is 4.79 Å². The number of carboxylic acid groups (broad SMARTS) is 1. The van der Waals surface area contributed by atoms with Crippen molar-refractivity contribution in [3.8, 4) is 0 Å². The fourth-order valence-corrected chi connectivity index (χ4v) is 2.79. The van der Waals surface area contributed by atoms with Crippen LogP contribution in [0.5, 0.6) is 0 Å². The summed E-state index contributed by atoms with van der Waals surface area (Å²) in [5, 5.41) is 8.68. The fourth-order valence-electron chi connectivity index (χ4n) is 2.79. The number of rotatable bonds is 13. The molecule has 0 heterocycles. The van der Waals surface area contributed by atoms with Crippen molar-refractivity contribution in [1.82, 2.24) is 0 Å². The maximum Gasteiger partial charge on any atom is 0.303 e. The molecule has 1 atom stereocenters. The molecule has 0 saturated carbocycles. The van der Waals surface area contributed by atoms with Gasteiger partial charge in [0.15, 0.2) is 0 Å². The van der Waals surface area contributed by atoms with E-state index in [4.69, 9.17) is 5.11 Å². The van der Waals surface area contributed by atoms with Crippen molar-refractivity contribution < 1.29 is 9.90 Å². The quantitative estimate of drug-likeness (QED) is 0.429. The van der Waals surface area contributed by atoms with Gasteiger partial charge in [0.05, 0.1) is 0 Å². The van der Waals surface area contributed by atoms with Crippen molar-refractivity contribution in [3.05, 3.63) is 0 Å². The van der Waals surface area contributed by atoms with E-state index in [0.29, 0.717) is 11.8 Å². The molecule has 1 N–H and O–H groups in total. The van der Waals surface area contributed by atoms with E-state index in [1.807, 2.05) is 0 Å². The Hall–Kier alpha value is -0.530. The third-order valence-corrected chi connectivity index (χ3v) is 4.19. The standard InChI is InChI=1S/C17H34O2/c1-4-6-8-10-14-17(3,13-7-5-2)15-11-9-12-16(18)19/h4-15H2,1-3H3,(H,18,19). The van der Waals surface area contributed by atoms with Crippen LogP contribution in [0, 0.1) is 5.41 Å². The third-order valence-electron chi connectivity index (χ3n) is 4.19. The molecule has 0 aromatic rings. The molecule has 0 aromatic carbocycles. The van der Waals surface area contributed by atoms with Gasteiger partial charge in [0, 0.05) is 6.42 Å². The number of hydrogen-bond donors (Lipinski definition) is 1. The molecule has 0 spiro atoms.